The summed E-state index contributed by atoms with van der Waals surface area (Å²) in [5, 5.41) is 8.90. The van der Waals surface area contributed by atoms with Gasteiger partial charge in [-0.05, 0) is 36.2 Å². The van der Waals surface area contributed by atoms with Crippen molar-refractivity contribution in [3.63, 3.8) is 0 Å². The van der Waals surface area contributed by atoms with Gasteiger partial charge in [-0.15, -0.1) is 0 Å². The van der Waals surface area contributed by atoms with Crippen molar-refractivity contribution in [1.29, 1.82) is 5.26 Å². The van der Waals surface area contributed by atoms with Gasteiger partial charge < -0.3 is 10.6 Å². The first-order valence-corrected chi connectivity index (χ1v) is 6.25. The van der Waals surface area contributed by atoms with Gasteiger partial charge in [0.05, 0.1) is 11.6 Å². The van der Waals surface area contributed by atoms with Crippen molar-refractivity contribution in [3.8, 4) is 6.07 Å². The average Bonchev–Trinajstić information content (AvgIpc) is 2.46. The maximum Gasteiger partial charge on any atom is 0.0992 e. The molecule has 0 fully saturated rings. The number of benzene rings is 2. The number of hydrogen-bond acceptors (Lipinski definition) is 3. The molecule has 0 unspecified atom stereocenters. The zero-order chi connectivity index (χ0) is 13.7. The van der Waals surface area contributed by atoms with Crippen LogP contribution in [0.2, 0.25) is 0 Å². The molecule has 0 saturated carbocycles. The molecule has 0 radical (unpaired) electrons. The lowest BCUT2D eigenvalue weighted by molar-refractivity contribution is 0.878. The number of para-hydroxylation sites is 1. The summed E-state index contributed by atoms with van der Waals surface area (Å²) < 4.78 is 0. The van der Waals surface area contributed by atoms with E-state index >= 15 is 0 Å². The topological polar surface area (TPSA) is 53.0 Å². The Morgan fingerprint density at radius 1 is 1.16 bits per heavy atom. The fraction of sp³-hybridized carbons (Fsp3) is 0.188. The summed E-state index contributed by atoms with van der Waals surface area (Å²) in [4.78, 5) is 2.13. The van der Waals surface area contributed by atoms with Crippen molar-refractivity contribution in [2.75, 3.05) is 24.2 Å². The van der Waals surface area contributed by atoms with Crippen molar-refractivity contribution < 1.29 is 0 Å². The highest BCUT2D eigenvalue weighted by Gasteiger charge is 2.04. The third-order valence-electron chi connectivity index (χ3n) is 3.19. The van der Waals surface area contributed by atoms with Crippen LogP contribution in [0.3, 0.4) is 0 Å². The van der Waals surface area contributed by atoms with Gasteiger partial charge in [-0.25, -0.2) is 0 Å². The highest BCUT2D eigenvalue weighted by atomic mass is 15.1. The SMILES string of the molecule is CN(CCc1ccccc1N)c1cccc(C#N)c1. The van der Waals surface area contributed by atoms with E-state index in [1.807, 2.05) is 49.5 Å². The molecule has 0 amide bonds. The smallest absolute Gasteiger partial charge is 0.0992 e. The van der Waals surface area contributed by atoms with Crippen LogP contribution in [0.1, 0.15) is 11.1 Å². The Morgan fingerprint density at radius 3 is 2.68 bits per heavy atom. The highest BCUT2D eigenvalue weighted by Crippen LogP contribution is 2.16. The van der Waals surface area contributed by atoms with Gasteiger partial charge in [0.25, 0.3) is 0 Å². The number of anilines is 2. The molecular formula is C16H17N3. The molecule has 0 atom stereocenters. The summed E-state index contributed by atoms with van der Waals surface area (Å²) in [6.07, 6.45) is 0.889. The first-order chi connectivity index (χ1) is 9.20. The summed E-state index contributed by atoms with van der Waals surface area (Å²) in [7, 11) is 2.02. The Hall–Kier alpha value is -2.47. The van der Waals surface area contributed by atoms with Crippen LogP contribution < -0.4 is 10.6 Å². The minimum Gasteiger partial charge on any atom is -0.399 e. The molecule has 3 heteroatoms. The molecule has 2 N–H and O–H groups in total. The molecule has 0 aliphatic rings. The first-order valence-electron chi connectivity index (χ1n) is 6.25. The van der Waals surface area contributed by atoms with Crippen LogP contribution >= 0.6 is 0 Å². The summed E-state index contributed by atoms with van der Waals surface area (Å²) in [5.74, 6) is 0. The number of nitrogens with two attached hydrogens (primary N) is 1. The Bertz CT molecular complexity index is 599. The van der Waals surface area contributed by atoms with E-state index in [4.69, 9.17) is 11.0 Å². The molecule has 3 nitrogen and oxygen atoms in total. The number of likely N-dealkylation sites (N-methyl/N-ethyl adjacent to an activating group) is 1. The van der Waals surface area contributed by atoms with Gasteiger partial charge in [-0.1, -0.05) is 24.3 Å². The minimum atomic E-state index is 0.684. The van der Waals surface area contributed by atoms with Crippen LogP contribution in [-0.2, 0) is 6.42 Å². The van der Waals surface area contributed by atoms with Crippen LogP contribution in [0.15, 0.2) is 48.5 Å². The summed E-state index contributed by atoms with van der Waals surface area (Å²) in [5.41, 5.74) is 9.66. The largest absolute Gasteiger partial charge is 0.399 e. The number of hydrogen-bond donors (Lipinski definition) is 1. The number of nitrogens with zero attached hydrogens (tertiary/aromatic N) is 2. The second-order valence-electron chi connectivity index (χ2n) is 4.53. The molecule has 2 rings (SSSR count). The molecule has 0 heterocycles. The molecule has 0 spiro atoms. The van der Waals surface area contributed by atoms with E-state index in [-0.39, 0.29) is 0 Å². The summed E-state index contributed by atoms with van der Waals surface area (Å²) >= 11 is 0. The first kappa shape index (κ1) is 13.0. The molecule has 2 aromatic carbocycles. The standard InChI is InChI=1S/C16H17N3/c1-19(15-7-4-5-13(11-15)12-17)10-9-14-6-2-3-8-16(14)18/h2-8,11H,9-10,18H2,1H3. The Morgan fingerprint density at radius 2 is 1.95 bits per heavy atom. The second kappa shape index (κ2) is 5.92. The van der Waals surface area contributed by atoms with E-state index in [1.54, 1.807) is 0 Å². The molecule has 0 aromatic heterocycles. The van der Waals surface area contributed by atoms with Crippen molar-refractivity contribution in [2.45, 2.75) is 6.42 Å². The normalized spacial score (nSPS) is 9.89. The molecule has 0 aliphatic heterocycles. The lowest BCUT2D eigenvalue weighted by Crippen LogP contribution is -2.20. The molecular weight excluding hydrogens is 234 g/mol. The van der Waals surface area contributed by atoms with E-state index in [1.165, 1.54) is 0 Å². The van der Waals surface area contributed by atoms with Crippen LogP contribution in [0.25, 0.3) is 0 Å². The van der Waals surface area contributed by atoms with Gasteiger partial charge in [-0.3, -0.25) is 0 Å². The fourth-order valence-electron chi connectivity index (χ4n) is 1.99. The Labute approximate surface area is 113 Å². The van der Waals surface area contributed by atoms with Gasteiger partial charge in [0.2, 0.25) is 0 Å². The quantitative estimate of drug-likeness (QED) is 0.850. The van der Waals surface area contributed by atoms with Crippen LogP contribution in [0, 0.1) is 11.3 Å². The molecule has 0 bridgehead atoms. The van der Waals surface area contributed by atoms with Gasteiger partial charge in [0.15, 0.2) is 0 Å². The van der Waals surface area contributed by atoms with Crippen LogP contribution in [0.5, 0.6) is 0 Å². The number of nitriles is 1. The van der Waals surface area contributed by atoms with Gasteiger partial charge in [0, 0.05) is 25.0 Å². The highest BCUT2D eigenvalue weighted by molar-refractivity contribution is 5.52. The van der Waals surface area contributed by atoms with Crippen LogP contribution in [0.4, 0.5) is 11.4 Å². The lowest BCUT2D eigenvalue weighted by atomic mass is 10.1. The number of rotatable bonds is 4. The fourth-order valence-corrected chi connectivity index (χ4v) is 1.99. The average molecular weight is 251 g/mol. The predicted octanol–water partition coefficient (Wildman–Crippen LogP) is 2.82. The maximum absolute atomic E-state index is 8.90. The summed E-state index contributed by atoms with van der Waals surface area (Å²) in [6.45, 7) is 0.864. The van der Waals surface area contributed by atoms with E-state index in [9.17, 15) is 0 Å². The monoisotopic (exact) mass is 251 g/mol. The van der Waals surface area contributed by atoms with E-state index in [0.717, 1.165) is 29.9 Å². The zero-order valence-corrected chi connectivity index (χ0v) is 11.0. The Balaban J connectivity index is 2.03. The van der Waals surface area contributed by atoms with Crippen molar-refractivity contribution in [2.24, 2.45) is 0 Å². The Kier molecular flexibility index (Phi) is 4.04. The van der Waals surface area contributed by atoms with Crippen LogP contribution in [-0.4, -0.2) is 13.6 Å². The lowest BCUT2D eigenvalue weighted by Gasteiger charge is -2.19. The van der Waals surface area contributed by atoms with E-state index in [0.29, 0.717) is 5.56 Å². The van der Waals surface area contributed by atoms with Crippen molar-refractivity contribution in [1.82, 2.24) is 0 Å². The van der Waals surface area contributed by atoms with E-state index in [2.05, 4.69) is 17.0 Å². The zero-order valence-electron chi connectivity index (χ0n) is 11.0. The maximum atomic E-state index is 8.90. The molecule has 19 heavy (non-hydrogen) atoms. The van der Waals surface area contributed by atoms with Crippen molar-refractivity contribution in [3.05, 3.63) is 59.7 Å². The second-order valence-corrected chi connectivity index (χ2v) is 4.53. The summed E-state index contributed by atoms with van der Waals surface area (Å²) in [6, 6.07) is 17.7. The molecule has 2 aromatic rings. The van der Waals surface area contributed by atoms with Gasteiger partial charge in [0.1, 0.15) is 0 Å². The van der Waals surface area contributed by atoms with Crippen molar-refractivity contribution >= 4 is 11.4 Å². The number of nitrogen functional groups attached to an aromatic ring is 1. The predicted molar refractivity (Wildman–Crippen MR) is 79.0 cm³/mol. The molecule has 96 valence electrons. The van der Waals surface area contributed by atoms with E-state index < -0.39 is 0 Å². The van der Waals surface area contributed by atoms with Gasteiger partial charge in [-0.2, -0.15) is 5.26 Å². The third kappa shape index (κ3) is 3.26. The minimum absolute atomic E-state index is 0.684. The molecule has 0 saturated heterocycles. The van der Waals surface area contributed by atoms with Gasteiger partial charge >= 0.3 is 0 Å². The molecule has 0 aliphatic carbocycles. The third-order valence-corrected chi connectivity index (χ3v) is 3.19.